The zero-order valence-corrected chi connectivity index (χ0v) is 9.71. The third-order valence-corrected chi connectivity index (χ3v) is 3.85. The summed E-state index contributed by atoms with van der Waals surface area (Å²) in [5.74, 6) is -1.33. The second kappa shape index (κ2) is 4.49. The summed E-state index contributed by atoms with van der Waals surface area (Å²) < 4.78 is 0. The summed E-state index contributed by atoms with van der Waals surface area (Å²) in [7, 11) is 0. The molecule has 2 aliphatic rings. The van der Waals surface area contributed by atoms with Crippen LogP contribution in [0.5, 0.6) is 0 Å². The monoisotopic (exact) mass is 238 g/mol. The van der Waals surface area contributed by atoms with Crippen LogP contribution in [0.4, 0.5) is 0 Å². The van der Waals surface area contributed by atoms with Crippen molar-refractivity contribution in [3.8, 4) is 0 Å². The highest BCUT2D eigenvalue weighted by molar-refractivity contribution is 5.84. The van der Waals surface area contributed by atoms with Gasteiger partial charge in [-0.1, -0.05) is 6.08 Å². The van der Waals surface area contributed by atoms with Crippen molar-refractivity contribution in [1.29, 1.82) is 0 Å². The molecule has 2 rings (SSSR count). The summed E-state index contributed by atoms with van der Waals surface area (Å²) in [6.45, 7) is 3.56. The fourth-order valence-corrected chi connectivity index (χ4v) is 3.07. The standard InChI is InChI=1S/C12H18N2O3/c1-2-3-9(13)11(15)14-7-4-5-10(14)8(6-7)12(16)17/h2,7-10H,1,3-6,13H2,(H,16,17). The van der Waals surface area contributed by atoms with Gasteiger partial charge in [0.1, 0.15) is 0 Å². The molecule has 94 valence electrons. The van der Waals surface area contributed by atoms with E-state index in [1.54, 1.807) is 11.0 Å². The Bertz CT molecular complexity index is 356. The number of hydrogen-bond acceptors (Lipinski definition) is 3. The summed E-state index contributed by atoms with van der Waals surface area (Å²) in [5, 5.41) is 9.09. The molecule has 0 aromatic rings. The van der Waals surface area contributed by atoms with Gasteiger partial charge in [-0.15, -0.1) is 6.58 Å². The zero-order chi connectivity index (χ0) is 12.6. The topological polar surface area (TPSA) is 83.6 Å². The van der Waals surface area contributed by atoms with Gasteiger partial charge < -0.3 is 15.7 Å². The maximum atomic E-state index is 12.1. The second-order valence-corrected chi connectivity index (χ2v) is 4.86. The van der Waals surface area contributed by atoms with Crippen LogP contribution < -0.4 is 5.73 Å². The molecule has 2 fully saturated rings. The molecule has 0 saturated carbocycles. The fourth-order valence-electron chi connectivity index (χ4n) is 3.07. The number of carboxylic acid groups (broad SMARTS) is 1. The van der Waals surface area contributed by atoms with Gasteiger partial charge in [-0.25, -0.2) is 0 Å². The van der Waals surface area contributed by atoms with E-state index in [2.05, 4.69) is 6.58 Å². The number of carboxylic acids is 1. The van der Waals surface area contributed by atoms with Crippen molar-refractivity contribution in [2.75, 3.05) is 0 Å². The number of carbonyl (C=O) groups is 2. The van der Waals surface area contributed by atoms with Gasteiger partial charge in [0.05, 0.1) is 12.0 Å². The molecule has 5 nitrogen and oxygen atoms in total. The molecule has 0 aromatic heterocycles. The molecule has 3 N–H and O–H groups in total. The minimum atomic E-state index is -0.799. The minimum Gasteiger partial charge on any atom is -0.481 e. The quantitative estimate of drug-likeness (QED) is 0.692. The molecule has 2 heterocycles. The smallest absolute Gasteiger partial charge is 0.308 e. The Hall–Kier alpha value is -1.36. The van der Waals surface area contributed by atoms with Crippen LogP contribution >= 0.6 is 0 Å². The molecule has 17 heavy (non-hydrogen) atoms. The molecule has 4 unspecified atom stereocenters. The number of amides is 1. The molecule has 2 saturated heterocycles. The summed E-state index contributed by atoms with van der Waals surface area (Å²) in [5.41, 5.74) is 5.77. The first-order valence-corrected chi connectivity index (χ1v) is 5.97. The van der Waals surface area contributed by atoms with Crippen LogP contribution in [0.1, 0.15) is 25.7 Å². The number of rotatable bonds is 4. The van der Waals surface area contributed by atoms with Crippen LogP contribution in [-0.4, -0.2) is 40.0 Å². The number of hydrogen-bond donors (Lipinski definition) is 2. The van der Waals surface area contributed by atoms with Gasteiger partial charge in [-0.2, -0.15) is 0 Å². The lowest BCUT2D eigenvalue weighted by atomic mass is 9.89. The van der Waals surface area contributed by atoms with E-state index in [1.807, 2.05) is 0 Å². The fraction of sp³-hybridized carbons (Fsp3) is 0.667. The molecule has 4 atom stereocenters. The number of carbonyl (C=O) groups excluding carboxylic acids is 1. The van der Waals surface area contributed by atoms with E-state index in [-0.39, 0.29) is 18.0 Å². The Morgan fingerprint density at radius 2 is 2.24 bits per heavy atom. The van der Waals surface area contributed by atoms with Crippen molar-refractivity contribution in [1.82, 2.24) is 4.90 Å². The first kappa shape index (κ1) is 12.1. The van der Waals surface area contributed by atoms with Crippen LogP contribution in [-0.2, 0) is 9.59 Å². The number of nitrogens with zero attached hydrogens (tertiary/aromatic N) is 1. The van der Waals surface area contributed by atoms with Crippen molar-refractivity contribution in [3.05, 3.63) is 12.7 Å². The highest BCUT2D eigenvalue weighted by Crippen LogP contribution is 2.42. The average molecular weight is 238 g/mol. The minimum absolute atomic E-state index is 0.0736. The van der Waals surface area contributed by atoms with E-state index in [1.165, 1.54) is 0 Å². The van der Waals surface area contributed by atoms with Crippen molar-refractivity contribution in [3.63, 3.8) is 0 Å². The van der Waals surface area contributed by atoms with E-state index in [4.69, 9.17) is 10.8 Å². The summed E-state index contributed by atoms with van der Waals surface area (Å²) in [4.78, 5) is 24.9. The van der Waals surface area contributed by atoms with Gasteiger partial charge in [0.25, 0.3) is 0 Å². The van der Waals surface area contributed by atoms with Crippen molar-refractivity contribution < 1.29 is 14.7 Å². The SMILES string of the molecule is C=CCC(N)C(=O)N1C2CCC1C(C(=O)O)C2. The maximum Gasteiger partial charge on any atom is 0.308 e. The van der Waals surface area contributed by atoms with Crippen LogP contribution in [0.25, 0.3) is 0 Å². The number of nitrogens with two attached hydrogens (primary N) is 1. The van der Waals surface area contributed by atoms with Crippen LogP contribution in [0, 0.1) is 5.92 Å². The van der Waals surface area contributed by atoms with Gasteiger partial charge >= 0.3 is 5.97 Å². The van der Waals surface area contributed by atoms with E-state index in [0.29, 0.717) is 12.8 Å². The normalized spacial score (nSPS) is 32.5. The van der Waals surface area contributed by atoms with E-state index >= 15 is 0 Å². The molecule has 0 spiro atoms. The predicted molar refractivity (Wildman–Crippen MR) is 62.2 cm³/mol. The van der Waals surface area contributed by atoms with Gasteiger partial charge in [-0.3, -0.25) is 9.59 Å². The Morgan fingerprint density at radius 1 is 1.53 bits per heavy atom. The van der Waals surface area contributed by atoms with E-state index in [0.717, 1.165) is 12.8 Å². The molecule has 0 aliphatic carbocycles. The van der Waals surface area contributed by atoms with Gasteiger partial charge in [0.2, 0.25) is 5.91 Å². The van der Waals surface area contributed by atoms with E-state index < -0.39 is 17.9 Å². The van der Waals surface area contributed by atoms with Gasteiger partial charge in [0.15, 0.2) is 0 Å². The van der Waals surface area contributed by atoms with Crippen LogP contribution in [0.3, 0.4) is 0 Å². The van der Waals surface area contributed by atoms with Gasteiger partial charge in [0, 0.05) is 12.1 Å². The predicted octanol–water partition coefficient (Wildman–Crippen LogP) is 0.354. The van der Waals surface area contributed by atoms with Gasteiger partial charge in [-0.05, 0) is 25.7 Å². The van der Waals surface area contributed by atoms with Crippen LogP contribution in [0.2, 0.25) is 0 Å². The summed E-state index contributed by atoms with van der Waals surface area (Å²) >= 11 is 0. The molecule has 0 aromatic carbocycles. The molecule has 1 amide bonds. The molecule has 2 bridgehead atoms. The highest BCUT2D eigenvalue weighted by Gasteiger charge is 2.51. The third kappa shape index (κ3) is 1.95. The van der Waals surface area contributed by atoms with Crippen molar-refractivity contribution in [2.24, 2.45) is 11.7 Å². The number of aliphatic carboxylic acids is 1. The molecule has 0 radical (unpaired) electrons. The first-order valence-electron chi connectivity index (χ1n) is 5.97. The Labute approximate surface area is 100 Å². The Morgan fingerprint density at radius 3 is 2.76 bits per heavy atom. The lowest BCUT2D eigenvalue weighted by Crippen LogP contribution is -2.46. The maximum absolute atomic E-state index is 12.1. The summed E-state index contributed by atoms with van der Waals surface area (Å²) in [6, 6.07) is -0.659. The van der Waals surface area contributed by atoms with E-state index in [9.17, 15) is 9.59 Å². The molecular weight excluding hydrogens is 220 g/mol. The van der Waals surface area contributed by atoms with Crippen molar-refractivity contribution >= 4 is 11.9 Å². The zero-order valence-electron chi connectivity index (χ0n) is 9.71. The van der Waals surface area contributed by atoms with Crippen LogP contribution in [0.15, 0.2) is 12.7 Å². The lowest BCUT2D eigenvalue weighted by molar-refractivity contribution is -0.143. The average Bonchev–Trinajstić information content (AvgIpc) is 2.85. The highest BCUT2D eigenvalue weighted by atomic mass is 16.4. The Balaban J connectivity index is 2.10. The molecule has 2 aliphatic heterocycles. The first-order chi connectivity index (χ1) is 8.06. The second-order valence-electron chi connectivity index (χ2n) is 4.86. The Kier molecular flexibility index (Phi) is 3.19. The third-order valence-electron chi connectivity index (χ3n) is 3.85. The largest absolute Gasteiger partial charge is 0.481 e. The molecular formula is C12H18N2O3. The summed E-state index contributed by atoms with van der Waals surface area (Å²) in [6.07, 6.45) is 4.32. The lowest BCUT2D eigenvalue weighted by Gasteiger charge is -2.25. The van der Waals surface area contributed by atoms with Crippen molar-refractivity contribution in [2.45, 2.75) is 43.8 Å². The molecule has 5 heteroatoms. The number of fused-ring (bicyclic) bond motifs is 2.